The highest BCUT2D eigenvalue weighted by Gasteiger charge is 2.24. The first-order chi connectivity index (χ1) is 16.2. The highest BCUT2D eigenvalue weighted by Crippen LogP contribution is 2.48. The lowest BCUT2D eigenvalue weighted by atomic mass is 10.0. The third kappa shape index (κ3) is 4.25. The number of rotatable bonds is 5. The zero-order chi connectivity index (χ0) is 24.6. The molecule has 0 amide bonds. The van der Waals surface area contributed by atoms with Crippen molar-refractivity contribution in [2.75, 3.05) is 4.90 Å². The summed E-state index contributed by atoms with van der Waals surface area (Å²) in [6.07, 6.45) is 0. The number of anilines is 3. The van der Waals surface area contributed by atoms with E-state index in [0.717, 1.165) is 33.5 Å². The van der Waals surface area contributed by atoms with E-state index in [2.05, 4.69) is 0 Å². The molecule has 0 radical (unpaired) electrons. The van der Waals surface area contributed by atoms with Gasteiger partial charge in [-0.1, -0.05) is 30.3 Å². The maximum atomic E-state index is 11.1. The van der Waals surface area contributed by atoms with Gasteiger partial charge in [0.25, 0.3) is 0 Å². The Bertz CT molecular complexity index is 1320. The van der Waals surface area contributed by atoms with Crippen molar-refractivity contribution in [3.8, 4) is 28.7 Å². The fourth-order valence-electron chi connectivity index (χ4n) is 4.01. The van der Waals surface area contributed by atoms with Gasteiger partial charge in [0.15, 0.2) is 0 Å². The smallest absolute Gasteiger partial charge is 0.142 e. The fraction of sp³-hybridized carbons (Fsp3) is 0.172. The maximum Gasteiger partial charge on any atom is 0.142 e. The number of nitrogens with zero attached hydrogens (tertiary/aromatic N) is 1. The van der Waals surface area contributed by atoms with Crippen LogP contribution in [-0.4, -0.2) is 15.3 Å². The van der Waals surface area contributed by atoms with Crippen molar-refractivity contribution in [3.63, 3.8) is 0 Å². The minimum atomic E-state index is 0.154. The van der Waals surface area contributed by atoms with Crippen LogP contribution < -0.4 is 9.64 Å². The van der Waals surface area contributed by atoms with Gasteiger partial charge in [-0.2, -0.15) is 0 Å². The molecule has 0 fully saturated rings. The number of aryl methyl sites for hydroxylation is 5. The molecule has 5 heteroatoms. The molecule has 174 valence electrons. The van der Waals surface area contributed by atoms with Gasteiger partial charge in [0, 0.05) is 6.07 Å². The number of hydrogen-bond donors (Lipinski definition) is 3. The highest BCUT2D eigenvalue weighted by molar-refractivity contribution is 5.87. The quantitative estimate of drug-likeness (QED) is 0.289. The van der Waals surface area contributed by atoms with E-state index >= 15 is 0 Å². The monoisotopic (exact) mass is 455 g/mol. The van der Waals surface area contributed by atoms with Crippen molar-refractivity contribution in [2.24, 2.45) is 0 Å². The van der Waals surface area contributed by atoms with Gasteiger partial charge in [-0.3, -0.25) is 0 Å². The largest absolute Gasteiger partial charge is 0.508 e. The minimum Gasteiger partial charge on any atom is -0.508 e. The van der Waals surface area contributed by atoms with E-state index in [9.17, 15) is 15.3 Å². The van der Waals surface area contributed by atoms with E-state index in [1.165, 1.54) is 0 Å². The lowest BCUT2D eigenvalue weighted by Crippen LogP contribution is -2.14. The molecule has 34 heavy (non-hydrogen) atoms. The zero-order valence-corrected chi connectivity index (χ0v) is 20.0. The average Bonchev–Trinajstić information content (AvgIpc) is 2.81. The van der Waals surface area contributed by atoms with Crippen molar-refractivity contribution >= 4 is 17.1 Å². The Balaban J connectivity index is 1.91. The highest BCUT2D eigenvalue weighted by atomic mass is 16.5. The van der Waals surface area contributed by atoms with Crippen LogP contribution >= 0.6 is 0 Å². The van der Waals surface area contributed by atoms with Crippen LogP contribution in [0.5, 0.6) is 28.7 Å². The predicted molar refractivity (Wildman–Crippen MR) is 136 cm³/mol. The topological polar surface area (TPSA) is 73.2 Å². The molecule has 0 aliphatic heterocycles. The van der Waals surface area contributed by atoms with Crippen LogP contribution in [0.25, 0.3) is 0 Å². The molecule has 4 rings (SSSR count). The summed E-state index contributed by atoms with van der Waals surface area (Å²) >= 11 is 0. The van der Waals surface area contributed by atoms with Gasteiger partial charge in [0.05, 0.1) is 17.1 Å². The Labute approximate surface area is 200 Å². The van der Waals surface area contributed by atoms with Crippen LogP contribution in [-0.2, 0) is 0 Å². The van der Waals surface area contributed by atoms with Gasteiger partial charge in [0.2, 0.25) is 0 Å². The van der Waals surface area contributed by atoms with E-state index in [1.807, 2.05) is 88.0 Å². The second-order valence-corrected chi connectivity index (χ2v) is 8.68. The number of aromatic hydroxyl groups is 3. The Morgan fingerprint density at radius 3 is 1.65 bits per heavy atom. The first-order valence-corrected chi connectivity index (χ1v) is 11.1. The zero-order valence-electron chi connectivity index (χ0n) is 20.0. The van der Waals surface area contributed by atoms with Gasteiger partial charge in [0.1, 0.15) is 28.7 Å². The Morgan fingerprint density at radius 2 is 1.09 bits per heavy atom. The average molecular weight is 456 g/mol. The number of benzene rings is 4. The Kier molecular flexibility index (Phi) is 6.12. The summed E-state index contributed by atoms with van der Waals surface area (Å²) in [6.45, 7) is 9.39. The molecule has 0 aliphatic rings. The van der Waals surface area contributed by atoms with E-state index in [-0.39, 0.29) is 17.2 Å². The number of ether oxygens (including phenoxy) is 1. The van der Waals surface area contributed by atoms with E-state index in [0.29, 0.717) is 22.9 Å². The van der Waals surface area contributed by atoms with E-state index < -0.39 is 0 Å². The van der Waals surface area contributed by atoms with Crippen LogP contribution in [0.1, 0.15) is 27.8 Å². The molecule has 0 heterocycles. The predicted octanol–water partition coefficient (Wildman–Crippen LogP) is 7.61. The third-order valence-corrected chi connectivity index (χ3v) is 6.04. The summed E-state index contributed by atoms with van der Waals surface area (Å²) < 4.78 is 6.08. The van der Waals surface area contributed by atoms with Gasteiger partial charge in [-0.25, -0.2) is 0 Å². The molecule has 3 N–H and O–H groups in total. The summed E-state index contributed by atoms with van der Waals surface area (Å²) in [4.78, 5) is 1.88. The van der Waals surface area contributed by atoms with E-state index in [1.54, 1.807) is 18.2 Å². The number of phenols is 3. The standard InChI is InChI=1S/C29H29NO4/c1-17-9-11-19(3)28(32)26(17)30(27-18(2)10-12-20(4)29(27)33)22-7-6-8-23(16-22)34-24-13-14-25(31)21(5)15-24/h6-16,31-33H,1-5H3. The molecule has 0 unspecified atom stereocenters. The minimum absolute atomic E-state index is 0.154. The lowest BCUT2D eigenvalue weighted by Gasteiger charge is -2.30. The summed E-state index contributed by atoms with van der Waals surface area (Å²) in [5.41, 5.74) is 5.85. The summed E-state index contributed by atoms with van der Waals surface area (Å²) in [6, 6.07) is 20.2. The SMILES string of the molecule is Cc1cc(Oc2cccc(N(c3c(C)ccc(C)c3O)c3c(C)ccc(C)c3O)c2)ccc1O. The first-order valence-electron chi connectivity index (χ1n) is 11.1. The van der Waals surface area contributed by atoms with Crippen LogP contribution in [0.2, 0.25) is 0 Å². The van der Waals surface area contributed by atoms with Crippen LogP contribution in [0.15, 0.2) is 66.7 Å². The summed E-state index contributed by atoms with van der Waals surface area (Å²) in [7, 11) is 0. The molecule has 4 aromatic rings. The molecular weight excluding hydrogens is 426 g/mol. The second-order valence-electron chi connectivity index (χ2n) is 8.68. The van der Waals surface area contributed by atoms with Crippen molar-refractivity contribution < 1.29 is 20.1 Å². The van der Waals surface area contributed by atoms with Crippen molar-refractivity contribution in [1.29, 1.82) is 0 Å². The normalized spacial score (nSPS) is 10.9. The molecule has 5 nitrogen and oxygen atoms in total. The second kappa shape index (κ2) is 9.02. The Morgan fingerprint density at radius 1 is 0.559 bits per heavy atom. The van der Waals surface area contributed by atoms with Crippen molar-refractivity contribution in [3.05, 3.63) is 94.5 Å². The molecule has 0 aliphatic carbocycles. The molecule has 4 aromatic carbocycles. The molecule has 0 saturated carbocycles. The first kappa shape index (κ1) is 23.1. The molecule has 0 bridgehead atoms. The maximum absolute atomic E-state index is 11.1. The third-order valence-electron chi connectivity index (χ3n) is 6.04. The number of phenolic OH excluding ortho intramolecular Hbond substituents is 3. The van der Waals surface area contributed by atoms with Crippen molar-refractivity contribution in [2.45, 2.75) is 34.6 Å². The van der Waals surface area contributed by atoms with Crippen LogP contribution in [0.3, 0.4) is 0 Å². The summed E-state index contributed by atoms with van der Waals surface area (Å²) in [5, 5.41) is 32.0. The molecule has 0 spiro atoms. The van der Waals surface area contributed by atoms with Gasteiger partial charge in [-0.15, -0.1) is 0 Å². The van der Waals surface area contributed by atoms with Crippen LogP contribution in [0.4, 0.5) is 17.1 Å². The van der Waals surface area contributed by atoms with Crippen LogP contribution in [0, 0.1) is 34.6 Å². The van der Waals surface area contributed by atoms with Gasteiger partial charge < -0.3 is 25.0 Å². The molecule has 0 saturated heterocycles. The number of hydrogen-bond acceptors (Lipinski definition) is 5. The Hall–Kier alpha value is -4.12. The molecule has 0 atom stereocenters. The lowest BCUT2D eigenvalue weighted by molar-refractivity contribution is 0.460. The van der Waals surface area contributed by atoms with Crippen molar-refractivity contribution in [1.82, 2.24) is 0 Å². The summed E-state index contributed by atoms with van der Waals surface area (Å²) in [5.74, 6) is 1.70. The fourth-order valence-corrected chi connectivity index (χ4v) is 4.01. The van der Waals surface area contributed by atoms with E-state index in [4.69, 9.17) is 4.74 Å². The molecule has 0 aromatic heterocycles. The van der Waals surface area contributed by atoms with Gasteiger partial charge in [-0.05, 0) is 92.8 Å². The molecular formula is C29H29NO4. The van der Waals surface area contributed by atoms with Gasteiger partial charge >= 0.3 is 0 Å².